The van der Waals surface area contributed by atoms with Crippen LogP contribution in [0.4, 0.5) is 0 Å². The molecule has 1 aromatic heterocycles. The number of hydrogen-bond donors (Lipinski definition) is 2. The Bertz CT molecular complexity index is 317. The summed E-state index contributed by atoms with van der Waals surface area (Å²) in [6.07, 6.45) is 0. The van der Waals surface area contributed by atoms with E-state index in [0.717, 1.165) is 4.88 Å². The first kappa shape index (κ1) is 9.49. The van der Waals surface area contributed by atoms with E-state index in [9.17, 15) is 0 Å². The zero-order chi connectivity index (χ0) is 9.19. The van der Waals surface area contributed by atoms with E-state index in [1.807, 2.05) is 0 Å². The molecule has 64 valence electrons. The number of rotatable bonds is 2. The van der Waals surface area contributed by atoms with Crippen molar-refractivity contribution in [2.75, 3.05) is 0 Å². The summed E-state index contributed by atoms with van der Waals surface area (Å²) in [5.41, 5.74) is 1.61. The molecule has 3 N–H and O–H groups in total. The Hall–Kier alpha value is -0.600. The predicted octanol–water partition coefficient (Wildman–Crippen LogP) is 1.60. The van der Waals surface area contributed by atoms with Crippen molar-refractivity contribution in [2.45, 2.75) is 12.5 Å². The number of nitrogens with two attached hydrogens (primary N) is 1. The molecule has 0 bridgehead atoms. The van der Waals surface area contributed by atoms with Crippen LogP contribution in [0.1, 0.15) is 11.8 Å². The molecule has 0 amide bonds. The van der Waals surface area contributed by atoms with Gasteiger partial charge in [-0.2, -0.15) is 5.26 Å². The summed E-state index contributed by atoms with van der Waals surface area (Å²) in [6, 6.07) is 5.61. The number of hydrazine groups is 1. The van der Waals surface area contributed by atoms with E-state index in [0.29, 0.717) is 4.34 Å². The number of halogens is 1. The molecule has 0 spiro atoms. The molecule has 1 unspecified atom stereocenters. The van der Waals surface area contributed by atoms with Crippen molar-refractivity contribution in [3.05, 3.63) is 21.3 Å². The van der Waals surface area contributed by atoms with Crippen molar-refractivity contribution < 1.29 is 0 Å². The minimum atomic E-state index is -0.836. The van der Waals surface area contributed by atoms with Crippen molar-refractivity contribution in [2.24, 2.45) is 5.84 Å². The van der Waals surface area contributed by atoms with Crippen LogP contribution >= 0.6 is 22.9 Å². The van der Waals surface area contributed by atoms with Crippen LogP contribution in [0.15, 0.2) is 12.1 Å². The molecule has 3 nitrogen and oxygen atoms in total. The van der Waals surface area contributed by atoms with Crippen LogP contribution in [0.5, 0.6) is 0 Å². The summed E-state index contributed by atoms with van der Waals surface area (Å²) in [6.45, 7) is 1.70. The van der Waals surface area contributed by atoms with Gasteiger partial charge in [0.1, 0.15) is 0 Å². The molecule has 0 fully saturated rings. The van der Waals surface area contributed by atoms with Gasteiger partial charge in [0.15, 0.2) is 5.54 Å². The molecular weight excluding hydrogens is 194 g/mol. The van der Waals surface area contributed by atoms with E-state index < -0.39 is 5.54 Å². The lowest BCUT2D eigenvalue weighted by molar-refractivity contribution is 0.491. The van der Waals surface area contributed by atoms with E-state index in [1.54, 1.807) is 19.1 Å². The Morgan fingerprint density at radius 3 is 2.75 bits per heavy atom. The Kier molecular flexibility index (Phi) is 2.70. The molecule has 1 aromatic rings. The van der Waals surface area contributed by atoms with E-state index in [1.165, 1.54) is 11.3 Å². The number of hydrogen-bond acceptors (Lipinski definition) is 4. The van der Waals surface area contributed by atoms with Crippen molar-refractivity contribution >= 4 is 22.9 Å². The highest BCUT2D eigenvalue weighted by Crippen LogP contribution is 2.29. The van der Waals surface area contributed by atoms with Crippen LogP contribution in [0.2, 0.25) is 4.34 Å². The van der Waals surface area contributed by atoms with E-state index in [4.69, 9.17) is 22.7 Å². The summed E-state index contributed by atoms with van der Waals surface area (Å²) in [7, 11) is 0. The topological polar surface area (TPSA) is 61.8 Å². The second kappa shape index (κ2) is 3.42. The third kappa shape index (κ3) is 1.59. The molecule has 0 aromatic carbocycles. The quantitative estimate of drug-likeness (QED) is 0.565. The van der Waals surface area contributed by atoms with Crippen LogP contribution in [0.3, 0.4) is 0 Å². The van der Waals surface area contributed by atoms with Gasteiger partial charge in [-0.15, -0.1) is 11.3 Å². The monoisotopic (exact) mass is 201 g/mol. The van der Waals surface area contributed by atoms with Crippen LogP contribution in [0.25, 0.3) is 0 Å². The highest BCUT2D eigenvalue weighted by atomic mass is 35.5. The average Bonchev–Trinajstić information content (AvgIpc) is 2.51. The Morgan fingerprint density at radius 2 is 2.42 bits per heavy atom. The molecular formula is C7H8ClN3S. The summed E-state index contributed by atoms with van der Waals surface area (Å²) < 4.78 is 0.654. The van der Waals surface area contributed by atoms with E-state index in [2.05, 4.69) is 11.5 Å². The standard InChI is InChI=1S/C7H8ClN3S/c1-7(4-9,11-10)5-2-3-6(8)12-5/h2-3,11H,10H2,1H3. The number of nitriles is 1. The largest absolute Gasteiger partial charge is 0.270 e. The second-order valence-corrected chi connectivity index (χ2v) is 4.20. The maximum atomic E-state index is 8.82. The fourth-order valence-corrected chi connectivity index (χ4v) is 1.84. The smallest absolute Gasteiger partial charge is 0.150 e. The number of thiophene rings is 1. The van der Waals surface area contributed by atoms with Gasteiger partial charge < -0.3 is 0 Å². The third-order valence-electron chi connectivity index (χ3n) is 1.58. The molecule has 0 radical (unpaired) electrons. The van der Waals surface area contributed by atoms with Gasteiger partial charge >= 0.3 is 0 Å². The predicted molar refractivity (Wildman–Crippen MR) is 49.6 cm³/mol. The lowest BCUT2D eigenvalue weighted by atomic mass is 10.0. The maximum Gasteiger partial charge on any atom is 0.150 e. The number of nitrogens with one attached hydrogen (secondary N) is 1. The first-order chi connectivity index (χ1) is 5.62. The van der Waals surface area contributed by atoms with Crippen molar-refractivity contribution in [1.82, 2.24) is 5.43 Å². The van der Waals surface area contributed by atoms with Crippen LogP contribution in [0, 0.1) is 11.3 Å². The van der Waals surface area contributed by atoms with E-state index in [-0.39, 0.29) is 0 Å². The molecule has 1 heterocycles. The Morgan fingerprint density at radius 1 is 1.75 bits per heavy atom. The molecule has 0 aliphatic rings. The molecule has 12 heavy (non-hydrogen) atoms. The summed E-state index contributed by atoms with van der Waals surface area (Å²) in [5.74, 6) is 5.25. The zero-order valence-corrected chi connectivity index (χ0v) is 8.04. The van der Waals surface area contributed by atoms with Gasteiger partial charge in [-0.25, -0.2) is 5.43 Å². The molecule has 1 rings (SSSR count). The minimum absolute atomic E-state index is 0.654. The maximum absolute atomic E-state index is 8.82. The lowest BCUT2D eigenvalue weighted by Gasteiger charge is -2.17. The highest BCUT2D eigenvalue weighted by molar-refractivity contribution is 7.16. The van der Waals surface area contributed by atoms with Gasteiger partial charge in [0.05, 0.1) is 10.4 Å². The van der Waals surface area contributed by atoms with Gasteiger partial charge in [0, 0.05) is 4.88 Å². The summed E-state index contributed by atoms with van der Waals surface area (Å²) >= 11 is 7.07. The Balaban J connectivity index is 3.05. The normalized spacial score (nSPS) is 15.2. The van der Waals surface area contributed by atoms with Crippen LogP contribution < -0.4 is 11.3 Å². The first-order valence-corrected chi connectivity index (χ1v) is 4.46. The van der Waals surface area contributed by atoms with Gasteiger partial charge in [-0.1, -0.05) is 11.6 Å². The molecule has 0 saturated carbocycles. The molecule has 0 aliphatic heterocycles. The van der Waals surface area contributed by atoms with Gasteiger partial charge in [-0.3, -0.25) is 5.84 Å². The summed E-state index contributed by atoms with van der Waals surface area (Å²) in [5, 5.41) is 8.82. The molecule has 1 atom stereocenters. The second-order valence-electron chi connectivity index (χ2n) is 2.48. The zero-order valence-electron chi connectivity index (χ0n) is 6.47. The fraction of sp³-hybridized carbons (Fsp3) is 0.286. The van der Waals surface area contributed by atoms with Gasteiger partial charge in [-0.05, 0) is 19.1 Å². The molecule has 0 saturated heterocycles. The third-order valence-corrected chi connectivity index (χ3v) is 3.03. The minimum Gasteiger partial charge on any atom is -0.270 e. The first-order valence-electron chi connectivity index (χ1n) is 3.27. The van der Waals surface area contributed by atoms with Crippen LogP contribution in [-0.4, -0.2) is 0 Å². The SMILES string of the molecule is CC(C#N)(NN)c1ccc(Cl)s1. The van der Waals surface area contributed by atoms with Crippen LogP contribution in [-0.2, 0) is 5.54 Å². The summed E-state index contributed by atoms with van der Waals surface area (Å²) in [4.78, 5) is 0.817. The highest BCUT2D eigenvalue weighted by Gasteiger charge is 2.26. The van der Waals surface area contributed by atoms with Gasteiger partial charge in [0.25, 0.3) is 0 Å². The molecule has 5 heteroatoms. The van der Waals surface area contributed by atoms with Crippen molar-refractivity contribution in [1.29, 1.82) is 5.26 Å². The van der Waals surface area contributed by atoms with Crippen molar-refractivity contribution in [3.63, 3.8) is 0 Å². The fourth-order valence-electron chi connectivity index (χ4n) is 0.742. The van der Waals surface area contributed by atoms with Gasteiger partial charge in [0.2, 0.25) is 0 Å². The van der Waals surface area contributed by atoms with E-state index >= 15 is 0 Å². The van der Waals surface area contributed by atoms with Crippen molar-refractivity contribution in [3.8, 4) is 6.07 Å². The lowest BCUT2D eigenvalue weighted by Crippen LogP contribution is -2.42. The molecule has 0 aliphatic carbocycles. The number of nitrogens with zero attached hydrogens (tertiary/aromatic N) is 1. The average molecular weight is 202 g/mol. The Labute approximate surface area is 79.7 Å².